The fourth-order valence-electron chi connectivity index (χ4n) is 1.98. The number of nitrogens with one attached hydrogen (secondary N) is 1. The molecule has 1 aliphatic rings. The lowest BCUT2D eigenvalue weighted by molar-refractivity contribution is 0.348. The maximum absolute atomic E-state index is 5.62. The maximum Gasteiger partial charge on any atom is 0.0682 e. The van der Waals surface area contributed by atoms with Crippen LogP contribution in [0.3, 0.4) is 0 Å². The van der Waals surface area contributed by atoms with Crippen LogP contribution in [0, 0.1) is 5.41 Å². The molecular weight excluding hydrogens is 176 g/mol. The van der Waals surface area contributed by atoms with E-state index >= 15 is 0 Å². The van der Waals surface area contributed by atoms with Gasteiger partial charge in [-0.2, -0.15) is 5.10 Å². The first-order valence-corrected chi connectivity index (χ1v) is 5.19. The van der Waals surface area contributed by atoms with Crippen molar-refractivity contribution in [1.29, 1.82) is 0 Å². The second-order valence-electron chi connectivity index (χ2n) is 4.33. The Morgan fingerprint density at radius 2 is 2.43 bits per heavy atom. The van der Waals surface area contributed by atoms with Gasteiger partial charge in [0.1, 0.15) is 0 Å². The molecule has 3 N–H and O–H groups in total. The van der Waals surface area contributed by atoms with Crippen molar-refractivity contribution in [3.63, 3.8) is 0 Å². The van der Waals surface area contributed by atoms with Crippen LogP contribution in [0.4, 0.5) is 0 Å². The Labute approximate surface area is 84.4 Å². The van der Waals surface area contributed by atoms with Crippen molar-refractivity contribution in [3.8, 4) is 0 Å². The van der Waals surface area contributed by atoms with Crippen LogP contribution >= 0.6 is 0 Å². The largest absolute Gasteiger partial charge is 0.271 e. The second-order valence-corrected chi connectivity index (χ2v) is 4.33. The topological polar surface area (TPSA) is 55.9 Å². The summed E-state index contributed by atoms with van der Waals surface area (Å²) in [5.41, 5.74) is 4.46. The Balaban J connectivity index is 2.27. The summed E-state index contributed by atoms with van der Waals surface area (Å²) >= 11 is 0. The fourth-order valence-corrected chi connectivity index (χ4v) is 1.98. The maximum atomic E-state index is 5.62. The Bertz CT molecular complexity index is 314. The molecule has 4 nitrogen and oxygen atoms in total. The van der Waals surface area contributed by atoms with Gasteiger partial charge in [-0.25, -0.2) is 0 Å². The summed E-state index contributed by atoms with van der Waals surface area (Å²) in [4.78, 5) is 0. The molecule has 1 aromatic rings. The molecule has 0 spiro atoms. The molecule has 78 valence electrons. The third kappa shape index (κ3) is 1.44. The first kappa shape index (κ1) is 9.68. The van der Waals surface area contributed by atoms with Crippen LogP contribution in [-0.4, -0.2) is 9.78 Å². The van der Waals surface area contributed by atoms with Gasteiger partial charge >= 0.3 is 0 Å². The Kier molecular flexibility index (Phi) is 2.33. The SMILES string of the molecule is CCn1nccc1C(NN)C1(C)CC1. The lowest BCUT2D eigenvalue weighted by Gasteiger charge is -2.23. The van der Waals surface area contributed by atoms with E-state index < -0.39 is 0 Å². The number of rotatable bonds is 4. The van der Waals surface area contributed by atoms with E-state index in [0.717, 1.165) is 6.54 Å². The van der Waals surface area contributed by atoms with Crippen LogP contribution in [-0.2, 0) is 6.54 Å². The normalized spacial score (nSPS) is 20.8. The molecule has 4 heteroatoms. The van der Waals surface area contributed by atoms with Crippen LogP contribution in [0.25, 0.3) is 0 Å². The number of hydrogen-bond acceptors (Lipinski definition) is 3. The summed E-state index contributed by atoms with van der Waals surface area (Å²) in [6.45, 7) is 5.26. The molecule has 1 aliphatic carbocycles. The zero-order valence-corrected chi connectivity index (χ0v) is 8.83. The average molecular weight is 194 g/mol. The van der Waals surface area contributed by atoms with Crippen molar-refractivity contribution < 1.29 is 0 Å². The van der Waals surface area contributed by atoms with Gasteiger partial charge in [0.2, 0.25) is 0 Å². The van der Waals surface area contributed by atoms with Crippen molar-refractivity contribution >= 4 is 0 Å². The standard InChI is InChI=1S/C10H18N4/c1-3-14-8(4-7-12-14)9(13-11)10(2)5-6-10/h4,7,9,13H,3,5-6,11H2,1-2H3. The minimum atomic E-state index is 0.241. The number of nitrogens with two attached hydrogens (primary N) is 1. The van der Waals surface area contributed by atoms with Crippen LogP contribution < -0.4 is 11.3 Å². The lowest BCUT2D eigenvalue weighted by atomic mass is 9.96. The number of hydrogen-bond donors (Lipinski definition) is 2. The second kappa shape index (κ2) is 3.37. The molecule has 0 bridgehead atoms. The highest BCUT2D eigenvalue weighted by atomic mass is 15.3. The summed E-state index contributed by atoms with van der Waals surface area (Å²) in [5.74, 6) is 5.62. The zero-order chi connectivity index (χ0) is 10.2. The van der Waals surface area contributed by atoms with Gasteiger partial charge in [-0.1, -0.05) is 6.92 Å². The van der Waals surface area contributed by atoms with Crippen molar-refractivity contribution in [1.82, 2.24) is 15.2 Å². The Hall–Kier alpha value is -0.870. The first-order chi connectivity index (χ1) is 6.71. The van der Waals surface area contributed by atoms with Gasteiger partial charge in [-0.3, -0.25) is 16.0 Å². The first-order valence-electron chi connectivity index (χ1n) is 5.19. The molecule has 1 atom stereocenters. The van der Waals surface area contributed by atoms with Gasteiger partial charge in [0.25, 0.3) is 0 Å². The minimum Gasteiger partial charge on any atom is -0.271 e. The Morgan fingerprint density at radius 3 is 2.93 bits per heavy atom. The number of aromatic nitrogens is 2. The van der Waals surface area contributed by atoms with Gasteiger partial charge in [0.05, 0.1) is 11.7 Å². The van der Waals surface area contributed by atoms with Gasteiger partial charge in [-0.05, 0) is 31.2 Å². The molecule has 0 aromatic carbocycles. The number of aryl methyl sites for hydroxylation is 1. The van der Waals surface area contributed by atoms with E-state index in [-0.39, 0.29) is 6.04 Å². The molecule has 1 unspecified atom stereocenters. The molecule has 0 saturated heterocycles. The summed E-state index contributed by atoms with van der Waals surface area (Å²) in [5, 5.41) is 4.27. The molecule has 14 heavy (non-hydrogen) atoms. The van der Waals surface area contributed by atoms with Crippen LogP contribution in [0.5, 0.6) is 0 Å². The van der Waals surface area contributed by atoms with Crippen molar-refractivity contribution in [2.45, 2.75) is 39.3 Å². The molecule has 0 amide bonds. The van der Waals surface area contributed by atoms with E-state index in [1.807, 2.05) is 10.9 Å². The smallest absolute Gasteiger partial charge is 0.0682 e. The van der Waals surface area contributed by atoms with Gasteiger partial charge < -0.3 is 0 Å². The predicted molar refractivity (Wildman–Crippen MR) is 55.3 cm³/mol. The summed E-state index contributed by atoms with van der Waals surface area (Å²) in [6, 6.07) is 2.29. The Morgan fingerprint density at radius 1 is 1.71 bits per heavy atom. The van der Waals surface area contributed by atoms with Crippen molar-refractivity contribution in [2.24, 2.45) is 11.3 Å². The number of nitrogens with zero attached hydrogens (tertiary/aromatic N) is 2. The van der Waals surface area contributed by atoms with E-state index in [0.29, 0.717) is 5.41 Å². The molecule has 1 heterocycles. The molecule has 1 aromatic heterocycles. The number of hydrazine groups is 1. The average Bonchev–Trinajstić information content (AvgIpc) is 2.77. The molecular formula is C10H18N4. The van der Waals surface area contributed by atoms with E-state index in [9.17, 15) is 0 Å². The minimum absolute atomic E-state index is 0.241. The predicted octanol–water partition coefficient (Wildman–Crippen LogP) is 1.21. The van der Waals surface area contributed by atoms with Crippen LogP contribution in [0.15, 0.2) is 12.3 Å². The summed E-state index contributed by atoms with van der Waals surface area (Å²) in [7, 11) is 0. The molecule has 0 aliphatic heterocycles. The lowest BCUT2D eigenvalue weighted by Crippen LogP contribution is -2.35. The fraction of sp³-hybridized carbons (Fsp3) is 0.700. The third-order valence-electron chi connectivity index (χ3n) is 3.25. The highest BCUT2D eigenvalue weighted by Gasteiger charge is 2.46. The van der Waals surface area contributed by atoms with Crippen molar-refractivity contribution in [2.75, 3.05) is 0 Å². The van der Waals surface area contributed by atoms with E-state index in [1.54, 1.807) is 0 Å². The summed E-state index contributed by atoms with van der Waals surface area (Å²) in [6.07, 6.45) is 4.34. The van der Waals surface area contributed by atoms with Gasteiger partial charge in [0, 0.05) is 12.7 Å². The van der Waals surface area contributed by atoms with Gasteiger partial charge in [-0.15, -0.1) is 0 Å². The van der Waals surface area contributed by atoms with Crippen molar-refractivity contribution in [3.05, 3.63) is 18.0 Å². The van der Waals surface area contributed by atoms with E-state index in [1.165, 1.54) is 18.5 Å². The molecule has 0 radical (unpaired) electrons. The van der Waals surface area contributed by atoms with Crippen LogP contribution in [0.1, 0.15) is 38.4 Å². The molecule has 1 saturated carbocycles. The third-order valence-corrected chi connectivity index (χ3v) is 3.25. The van der Waals surface area contributed by atoms with E-state index in [4.69, 9.17) is 5.84 Å². The molecule has 2 rings (SSSR count). The van der Waals surface area contributed by atoms with Crippen LogP contribution in [0.2, 0.25) is 0 Å². The highest BCUT2D eigenvalue weighted by molar-refractivity contribution is 5.15. The quantitative estimate of drug-likeness (QED) is 0.559. The zero-order valence-electron chi connectivity index (χ0n) is 8.83. The monoisotopic (exact) mass is 194 g/mol. The molecule has 1 fully saturated rings. The van der Waals surface area contributed by atoms with E-state index in [2.05, 4.69) is 30.4 Å². The summed E-state index contributed by atoms with van der Waals surface area (Å²) < 4.78 is 2.01. The highest BCUT2D eigenvalue weighted by Crippen LogP contribution is 2.53. The van der Waals surface area contributed by atoms with Gasteiger partial charge in [0.15, 0.2) is 0 Å².